The summed E-state index contributed by atoms with van der Waals surface area (Å²) in [5.41, 5.74) is 5.83. The Morgan fingerprint density at radius 1 is 1.44 bits per heavy atom. The van der Waals surface area contributed by atoms with E-state index in [0.717, 1.165) is 31.8 Å². The van der Waals surface area contributed by atoms with Gasteiger partial charge in [-0.1, -0.05) is 23.7 Å². The van der Waals surface area contributed by atoms with Gasteiger partial charge in [0, 0.05) is 19.1 Å². The average Bonchev–Trinajstić information content (AvgIpc) is 2.67. The van der Waals surface area contributed by atoms with Crippen LogP contribution in [0, 0.1) is 0 Å². The van der Waals surface area contributed by atoms with E-state index < -0.39 is 0 Å². The maximum Gasteiger partial charge on any atom is 0.137 e. The molecule has 0 bridgehead atoms. The minimum absolute atomic E-state index is 0.334. The number of halogens is 1. The summed E-state index contributed by atoms with van der Waals surface area (Å²) < 4.78 is 5.62. The van der Waals surface area contributed by atoms with Crippen LogP contribution in [0.5, 0.6) is 5.75 Å². The van der Waals surface area contributed by atoms with E-state index in [9.17, 15) is 0 Å². The molecular formula is C12H17ClN2O. The summed E-state index contributed by atoms with van der Waals surface area (Å²) in [6, 6.07) is 7.88. The van der Waals surface area contributed by atoms with E-state index in [-0.39, 0.29) is 0 Å². The van der Waals surface area contributed by atoms with Crippen LogP contribution in [-0.4, -0.2) is 37.2 Å². The minimum Gasteiger partial charge on any atom is -0.491 e. The van der Waals surface area contributed by atoms with E-state index in [4.69, 9.17) is 22.1 Å². The van der Waals surface area contributed by atoms with Crippen molar-refractivity contribution in [3.63, 3.8) is 0 Å². The number of ether oxygens (including phenoxy) is 1. The lowest BCUT2D eigenvalue weighted by Gasteiger charge is -2.15. The quantitative estimate of drug-likeness (QED) is 0.872. The predicted octanol–water partition coefficient (Wildman–Crippen LogP) is 1.75. The van der Waals surface area contributed by atoms with E-state index in [0.29, 0.717) is 17.7 Å². The highest BCUT2D eigenvalue weighted by Crippen LogP contribution is 2.22. The number of nitrogens with zero attached hydrogens (tertiary/aromatic N) is 1. The number of hydrogen-bond donors (Lipinski definition) is 1. The van der Waals surface area contributed by atoms with Gasteiger partial charge in [0.05, 0.1) is 5.02 Å². The first-order chi connectivity index (χ1) is 7.75. The summed E-state index contributed by atoms with van der Waals surface area (Å²) in [7, 11) is 0. The first kappa shape index (κ1) is 11.7. The molecule has 2 rings (SSSR count). The van der Waals surface area contributed by atoms with Crippen molar-refractivity contribution in [2.45, 2.75) is 12.5 Å². The second-order valence-corrected chi connectivity index (χ2v) is 4.54. The van der Waals surface area contributed by atoms with Gasteiger partial charge in [0.2, 0.25) is 0 Å². The SMILES string of the molecule is N[C@H]1CCN(CCOc2ccccc2Cl)C1. The predicted molar refractivity (Wildman–Crippen MR) is 66.0 cm³/mol. The van der Waals surface area contributed by atoms with Gasteiger partial charge >= 0.3 is 0 Å². The Morgan fingerprint density at radius 3 is 2.94 bits per heavy atom. The van der Waals surface area contributed by atoms with Crippen LogP contribution in [0.15, 0.2) is 24.3 Å². The number of benzene rings is 1. The lowest BCUT2D eigenvalue weighted by atomic mass is 10.3. The maximum absolute atomic E-state index is 5.98. The molecule has 4 heteroatoms. The topological polar surface area (TPSA) is 38.5 Å². The Morgan fingerprint density at radius 2 is 2.25 bits per heavy atom. The molecule has 1 aromatic rings. The fraction of sp³-hybridized carbons (Fsp3) is 0.500. The lowest BCUT2D eigenvalue weighted by molar-refractivity contribution is 0.236. The van der Waals surface area contributed by atoms with Crippen LogP contribution in [0.25, 0.3) is 0 Å². The molecule has 1 aromatic carbocycles. The summed E-state index contributed by atoms with van der Waals surface area (Å²) in [4.78, 5) is 2.32. The zero-order valence-electron chi connectivity index (χ0n) is 9.23. The molecule has 0 amide bonds. The van der Waals surface area contributed by atoms with Gasteiger partial charge in [0.1, 0.15) is 12.4 Å². The van der Waals surface area contributed by atoms with E-state index in [1.54, 1.807) is 0 Å². The molecule has 1 atom stereocenters. The third kappa shape index (κ3) is 3.11. The number of hydrogen-bond acceptors (Lipinski definition) is 3. The molecular weight excluding hydrogens is 224 g/mol. The zero-order valence-corrected chi connectivity index (χ0v) is 9.99. The first-order valence-corrected chi connectivity index (χ1v) is 5.99. The van der Waals surface area contributed by atoms with Crippen LogP contribution in [0.2, 0.25) is 5.02 Å². The molecule has 3 nitrogen and oxygen atoms in total. The van der Waals surface area contributed by atoms with Gasteiger partial charge in [-0.05, 0) is 25.1 Å². The van der Waals surface area contributed by atoms with Gasteiger partial charge < -0.3 is 10.5 Å². The molecule has 1 aliphatic rings. The molecule has 0 saturated carbocycles. The summed E-state index contributed by atoms with van der Waals surface area (Å²) in [5.74, 6) is 0.757. The Balaban J connectivity index is 1.74. The second-order valence-electron chi connectivity index (χ2n) is 4.13. The molecule has 1 aliphatic heterocycles. The Bertz CT molecular complexity index is 346. The van der Waals surface area contributed by atoms with Crippen molar-refractivity contribution in [2.75, 3.05) is 26.2 Å². The molecule has 16 heavy (non-hydrogen) atoms. The van der Waals surface area contributed by atoms with Crippen LogP contribution in [0.3, 0.4) is 0 Å². The van der Waals surface area contributed by atoms with E-state index >= 15 is 0 Å². The maximum atomic E-state index is 5.98. The van der Waals surface area contributed by atoms with Crippen LogP contribution >= 0.6 is 11.6 Å². The molecule has 0 unspecified atom stereocenters. The van der Waals surface area contributed by atoms with Crippen molar-refractivity contribution in [1.29, 1.82) is 0 Å². The fourth-order valence-electron chi connectivity index (χ4n) is 1.91. The highest BCUT2D eigenvalue weighted by atomic mass is 35.5. The molecule has 2 N–H and O–H groups in total. The highest BCUT2D eigenvalue weighted by molar-refractivity contribution is 6.32. The van der Waals surface area contributed by atoms with E-state index in [1.165, 1.54) is 0 Å². The van der Waals surface area contributed by atoms with Crippen LogP contribution in [0.1, 0.15) is 6.42 Å². The van der Waals surface area contributed by atoms with Crippen molar-refractivity contribution in [1.82, 2.24) is 4.90 Å². The van der Waals surface area contributed by atoms with Gasteiger partial charge in [0.15, 0.2) is 0 Å². The smallest absolute Gasteiger partial charge is 0.137 e. The molecule has 0 aromatic heterocycles. The normalized spacial score (nSPS) is 21.2. The van der Waals surface area contributed by atoms with Gasteiger partial charge in [0.25, 0.3) is 0 Å². The lowest BCUT2D eigenvalue weighted by Crippen LogP contribution is -2.29. The highest BCUT2D eigenvalue weighted by Gasteiger charge is 2.18. The first-order valence-electron chi connectivity index (χ1n) is 5.61. The van der Waals surface area contributed by atoms with E-state index in [1.807, 2.05) is 24.3 Å². The van der Waals surface area contributed by atoms with Crippen molar-refractivity contribution >= 4 is 11.6 Å². The largest absolute Gasteiger partial charge is 0.491 e. The number of para-hydroxylation sites is 1. The average molecular weight is 241 g/mol. The number of rotatable bonds is 4. The molecule has 0 aliphatic carbocycles. The monoisotopic (exact) mass is 240 g/mol. The Labute approximate surface area is 101 Å². The van der Waals surface area contributed by atoms with Crippen molar-refractivity contribution < 1.29 is 4.74 Å². The van der Waals surface area contributed by atoms with Crippen molar-refractivity contribution in [3.05, 3.63) is 29.3 Å². The third-order valence-corrected chi connectivity index (χ3v) is 3.12. The fourth-order valence-corrected chi connectivity index (χ4v) is 2.10. The Kier molecular flexibility index (Phi) is 4.04. The number of likely N-dealkylation sites (tertiary alicyclic amines) is 1. The summed E-state index contributed by atoms with van der Waals surface area (Å²) in [6.45, 7) is 3.63. The molecule has 88 valence electrons. The van der Waals surface area contributed by atoms with Crippen LogP contribution in [0.4, 0.5) is 0 Å². The van der Waals surface area contributed by atoms with Crippen molar-refractivity contribution in [3.8, 4) is 5.75 Å². The van der Waals surface area contributed by atoms with Crippen molar-refractivity contribution in [2.24, 2.45) is 5.73 Å². The summed E-state index contributed by atoms with van der Waals surface area (Å²) >= 11 is 5.98. The summed E-state index contributed by atoms with van der Waals surface area (Å²) in [6.07, 6.45) is 1.09. The third-order valence-electron chi connectivity index (χ3n) is 2.81. The van der Waals surface area contributed by atoms with Crippen LogP contribution < -0.4 is 10.5 Å². The molecule has 0 radical (unpaired) electrons. The molecule has 1 heterocycles. The van der Waals surface area contributed by atoms with E-state index in [2.05, 4.69) is 4.90 Å². The Hall–Kier alpha value is -0.770. The second kappa shape index (κ2) is 5.53. The molecule has 0 spiro atoms. The number of nitrogens with two attached hydrogens (primary N) is 1. The standard InChI is InChI=1S/C12H17ClN2O/c13-11-3-1-2-4-12(11)16-8-7-15-6-5-10(14)9-15/h1-4,10H,5-9,14H2/t10-/m0/s1. The van der Waals surface area contributed by atoms with Gasteiger partial charge in [-0.2, -0.15) is 0 Å². The molecule has 1 fully saturated rings. The van der Waals surface area contributed by atoms with Gasteiger partial charge in [-0.3, -0.25) is 4.90 Å². The molecule has 1 saturated heterocycles. The summed E-state index contributed by atoms with van der Waals surface area (Å²) in [5, 5.41) is 0.667. The van der Waals surface area contributed by atoms with Crippen LogP contribution in [-0.2, 0) is 0 Å². The van der Waals surface area contributed by atoms with Gasteiger partial charge in [-0.15, -0.1) is 0 Å². The zero-order chi connectivity index (χ0) is 11.4. The van der Waals surface area contributed by atoms with Gasteiger partial charge in [-0.25, -0.2) is 0 Å². The minimum atomic E-state index is 0.334.